The SMILES string of the molecule is COc1ccc(/C=C2/N=C(c3ccccc3F)N(c3cccc(Br)c3)C2=O)cc1OC. The zero-order chi connectivity index (χ0) is 22.0. The molecule has 0 radical (unpaired) electrons. The van der Waals surface area contributed by atoms with Gasteiger partial charge in [0.15, 0.2) is 17.3 Å². The Hall–Kier alpha value is -3.45. The normalized spacial score (nSPS) is 14.7. The lowest BCUT2D eigenvalue weighted by molar-refractivity contribution is -0.113. The molecule has 1 aliphatic heterocycles. The Labute approximate surface area is 187 Å². The van der Waals surface area contributed by atoms with Gasteiger partial charge in [-0.3, -0.25) is 9.69 Å². The van der Waals surface area contributed by atoms with Crippen LogP contribution in [0.15, 0.2) is 81.9 Å². The summed E-state index contributed by atoms with van der Waals surface area (Å²) in [5.74, 6) is 0.527. The molecule has 0 saturated heterocycles. The summed E-state index contributed by atoms with van der Waals surface area (Å²) in [6.07, 6.45) is 1.64. The van der Waals surface area contributed by atoms with E-state index in [1.165, 1.54) is 11.0 Å². The smallest absolute Gasteiger partial charge is 0.282 e. The van der Waals surface area contributed by atoms with Gasteiger partial charge < -0.3 is 9.47 Å². The molecule has 1 amide bonds. The molecule has 0 aromatic heterocycles. The summed E-state index contributed by atoms with van der Waals surface area (Å²) in [5, 5.41) is 0. The highest BCUT2D eigenvalue weighted by molar-refractivity contribution is 9.10. The Balaban J connectivity index is 1.84. The Kier molecular flexibility index (Phi) is 5.86. The molecule has 0 unspecified atom stereocenters. The van der Waals surface area contributed by atoms with Crippen molar-refractivity contribution in [3.8, 4) is 11.5 Å². The largest absolute Gasteiger partial charge is 0.493 e. The van der Waals surface area contributed by atoms with Crippen LogP contribution in [0.5, 0.6) is 11.5 Å². The average Bonchev–Trinajstić information content (AvgIpc) is 3.09. The Morgan fingerprint density at radius 3 is 2.45 bits per heavy atom. The van der Waals surface area contributed by atoms with Crippen LogP contribution >= 0.6 is 15.9 Å². The van der Waals surface area contributed by atoms with Gasteiger partial charge >= 0.3 is 0 Å². The van der Waals surface area contributed by atoms with Crippen molar-refractivity contribution in [2.75, 3.05) is 19.1 Å². The van der Waals surface area contributed by atoms with Crippen LogP contribution in [-0.2, 0) is 4.79 Å². The third-order valence-electron chi connectivity index (χ3n) is 4.75. The predicted molar refractivity (Wildman–Crippen MR) is 122 cm³/mol. The third kappa shape index (κ3) is 4.09. The minimum absolute atomic E-state index is 0.186. The van der Waals surface area contributed by atoms with E-state index in [4.69, 9.17) is 9.47 Å². The zero-order valence-corrected chi connectivity index (χ0v) is 18.4. The van der Waals surface area contributed by atoms with E-state index in [0.717, 1.165) is 4.47 Å². The van der Waals surface area contributed by atoms with Gasteiger partial charge in [0.2, 0.25) is 0 Å². The molecule has 31 heavy (non-hydrogen) atoms. The van der Waals surface area contributed by atoms with Gasteiger partial charge in [0.25, 0.3) is 5.91 Å². The summed E-state index contributed by atoms with van der Waals surface area (Å²) in [7, 11) is 3.09. The number of benzene rings is 3. The summed E-state index contributed by atoms with van der Waals surface area (Å²) in [6, 6.07) is 18.8. The number of methoxy groups -OCH3 is 2. The number of rotatable bonds is 5. The van der Waals surface area contributed by atoms with E-state index in [2.05, 4.69) is 20.9 Å². The molecule has 0 N–H and O–H groups in total. The maximum Gasteiger partial charge on any atom is 0.282 e. The lowest BCUT2D eigenvalue weighted by atomic mass is 10.1. The molecule has 156 valence electrons. The first kappa shape index (κ1) is 20.8. The van der Waals surface area contributed by atoms with Crippen molar-refractivity contribution < 1.29 is 18.7 Å². The van der Waals surface area contributed by atoms with Crippen LogP contribution in [0.3, 0.4) is 0 Å². The summed E-state index contributed by atoms with van der Waals surface area (Å²) < 4.78 is 26.0. The van der Waals surface area contributed by atoms with Gasteiger partial charge in [-0.25, -0.2) is 9.38 Å². The molecule has 0 spiro atoms. The molecule has 1 aliphatic rings. The van der Waals surface area contributed by atoms with Crippen molar-refractivity contribution in [3.63, 3.8) is 0 Å². The van der Waals surface area contributed by atoms with Gasteiger partial charge in [-0.1, -0.05) is 40.2 Å². The summed E-state index contributed by atoms with van der Waals surface area (Å²) in [6.45, 7) is 0. The summed E-state index contributed by atoms with van der Waals surface area (Å²) in [4.78, 5) is 19.3. The van der Waals surface area contributed by atoms with E-state index in [1.807, 2.05) is 12.1 Å². The van der Waals surface area contributed by atoms with Crippen LogP contribution in [0, 0.1) is 5.82 Å². The number of nitrogens with zero attached hydrogens (tertiary/aromatic N) is 2. The molecule has 1 heterocycles. The lowest BCUT2D eigenvalue weighted by Gasteiger charge is -2.19. The fourth-order valence-corrected chi connectivity index (χ4v) is 3.68. The first-order chi connectivity index (χ1) is 15.0. The highest BCUT2D eigenvalue weighted by Crippen LogP contribution is 2.32. The van der Waals surface area contributed by atoms with E-state index in [9.17, 15) is 9.18 Å². The van der Waals surface area contributed by atoms with Crippen molar-refractivity contribution in [3.05, 3.63) is 93.8 Å². The van der Waals surface area contributed by atoms with Crippen molar-refractivity contribution >= 4 is 39.4 Å². The minimum atomic E-state index is -0.457. The number of carbonyl (C=O) groups is 1. The first-order valence-electron chi connectivity index (χ1n) is 9.39. The van der Waals surface area contributed by atoms with Crippen LogP contribution < -0.4 is 14.4 Å². The van der Waals surface area contributed by atoms with Crippen LogP contribution in [0.1, 0.15) is 11.1 Å². The van der Waals surface area contributed by atoms with E-state index in [-0.39, 0.29) is 23.0 Å². The second-order valence-corrected chi connectivity index (χ2v) is 7.60. The third-order valence-corrected chi connectivity index (χ3v) is 5.25. The molecule has 0 aliphatic carbocycles. The highest BCUT2D eigenvalue weighted by Gasteiger charge is 2.33. The molecular formula is C24H18BrFN2O3. The van der Waals surface area contributed by atoms with E-state index >= 15 is 0 Å². The maximum absolute atomic E-state index is 14.6. The average molecular weight is 481 g/mol. The first-order valence-corrected chi connectivity index (χ1v) is 10.2. The Bertz CT molecular complexity index is 1220. The fraction of sp³-hybridized carbons (Fsp3) is 0.0833. The second-order valence-electron chi connectivity index (χ2n) is 6.68. The van der Waals surface area contributed by atoms with Crippen LogP contribution in [0.2, 0.25) is 0 Å². The topological polar surface area (TPSA) is 51.1 Å². The van der Waals surface area contributed by atoms with Gasteiger partial charge in [-0.2, -0.15) is 0 Å². The number of carbonyl (C=O) groups excluding carboxylic acids is 1. The molecule has 7 heteroatoms. The molecule has 0 bridgehead atoms. The molecule has 5 nitrogen and oxygen atoms in total. The van der Waals surface area contributed by atoms with Crippen molar-refractivity contribution in [2.24, 2.45) is 4.99 Å². The summed E-state index contributed by atoms with van der Waals surface area (Å²) >= 11 is 3.43. The zero-order valence-electron chi connectivity index (χ0n) is 16.8. The van der Waals surface area contributed by atoms with Crippen LogP contribution in [-0.4, -0.2) is 26.0 Å². The monoisotopic (exact) mass is 480 g/mol. The molecule has 0 fully saturated rings. The minimum Gasteiger partial charge on any atom is -0.493 e. The van der Waals surface area contributed by atoms with Crippen molar-refractivity contribution in [1.82, 2.24) is 0 Å². The number of hydrogen-bond acceptors (Lipinski definition) is 4. The van der Waals surface area contributed by atoms with Crippen molar-refractivity contribution in [1.29, 1.82) is 0 Å². The molecule has 0 atom stereocenters. The quantitative estimate of drug-likeness (QED) is 0.456. The molecule has 3 aromatic carbocycles. The number of hydrogen-bond donors (Lipinski definition) is 0. The van der Waals surface area contributed by atoms with Crippen LogP contribution in [0.25, 0.3) is 6.08 Å². The number of amidine groups is 1. The molecular weight excluding hydrogens is 463 g/mol. The molecule has 4 rings (SSSR count). The van der Waals surface area contributed by atoms with E-state index in [0.29, 0.717) is 22.7 Å². The lowest BCUT2D eigenvalue weighted by Crippen LogP contribution is -2.33. The van der Waals surface area contributed by atoms with Crippen LogP contribution in [0.4, 0.5) is 10.1 Å². The fourth-order valence-electron chi connectivity index (χ4n) is 3.30. The standard InChI is InChI=1S/C24H18BrFN2O3/c1-30-21-11-10-15(13-22(21)31-2)12-20-24(29)28(17-7-5-6-16(25)14-17)23(27-20)18-8-3-4-9-19(18)26/h3-14H,1-2H3/b20-12+. The van der Waals surface area contributed by atoms with E-state index < -0.39 is 5.82 Å². The maximum atomic E-state index is 14.6. The van der Waals surface area contributed by atoms with Gasteiger partial charge in [0, 0.05) is 4.47 Å². The van der Waals surface area contributed by atoms with Gasteiger partial charge in [-0.15, -0.1) is 0 Å². The van der Waals surface area contributed by atoms with E-state index in [1.54, 1.807) is 68.8 Å². The van der Waals surface area contributed by atoms with Gasteiger partial charge in [-0.05, 0) is 54.1 Å². The molecule has 3 aromatic rings. The van der Waals surface area contributed by atoms with Crippen molar-refractivity contribution in [2.45, 2.75) is 0 Å². The number of halogens is 2. The molecule has 0 saturated carbocycles. The van der Waals surface area contributed by atoms with Gasteiger partial charge in [0.1, 0.15) is 11.5 Å². The Morgan fingerprint density at radius 2 is 1.74 bits per heavy atom. The number of anilines is 1. The number of aliphatic imine (C=N–C) groups is 1. The highest BCUT2D eigenvalue weighted by atomic mass is 79.9. The number of ether oxygens (including phenoxy) is 2. The summed E-state index contributed by atoms with van der Waals surface area (Å²) in [5.41, 5.74) is 1.71. The number of amides is 1. The Morgan fingerprint density at radius 1 is 0.968 bits per heavy atom. The predicted octanol–water partition coefficient (Wildman–Crippen LogP) is 5.44. The van der Waals surface area contributed by atoms with Gasteiger partial charge in [0.05, 0.1) is 25.5 Å². The second kappa shape index (κ2) is 8.73.